The summed E-state index contributed by atoms with van der Waals surface area (Å²) in [5.74, 6) is 0. The SMILES string of the molecule is [N-]=[N+]=NC(C[C@@H](N=[N+]=[N-])c1ccccc1)c1ccccc1. The highest BCUT2D eigenvalue weighted by atomic mass is 15.2. The van der Waals surface area contributed by atoms with Crippen LogP contribution >= 0.6 is 0 Å². The van der Waals surface area contributed by atoms with E-state index in [0.29, 0.717) is 6.42 Å². The van der Waals surface area contributed by atoms with Crippen molar-refractivity contribution < 1.29 is 0 Å². The summed E-state index contributed by atoms with van der Waals surface area (Å²) in [5.41, 5.74) is 19.3. The number of azide groups is 2. The molecule has 6 heteroatoms. The van der Waals surface area contributed by atoms with E-state index in [9.17, 15) is 0 Å². The van der Waals surface area contributed by atoms with Gasteiger partial charge in [0, 0.05) is 9.82 Å². The molecule has 0 radical (unpaired) electrons. The highest BCUT2D eigenvalue weighted by Crippen LogP contribution is 2.32. The number of benzene rings is 2. The van der Waals surface area contributed by atoms with E-state index in [-0.39, 0.29) is 12.1 Å². The Kier molecular flexibility index (Phi) is 5.24. The molecule has 104 valence electrons. The third-order valence-corrected chi connectivity index (χ3v) is 3.20. The van der Waals surface area contributed by atoms with Crippen molar-refractivity contribution in [2.45, 2.75) is 18.5 Å². The largest absolute Gasteiger partial charge is 0.0859 e. The maximum absolute atomic E-state index is 8.77. The van der Waals surface area contributed by atoms with Crippen molar-refractivity contribution in [3.8, 4) is 0 Å². The second kappa shape index (κ2) is 7.60. The fourth-order valence-corrected chi connectivity index (χ4v) is 2.19. The standard InChI is InChI=1S/C15H14N6/c16-20-18-14(12-7-3-1-4-8-12)11-15(19-21-17)13-9-5-2-6-10-13/h1-10,14-15H,11H2/t14-,15?/m1/s1. The minimum absolute atomic E-state index is 0.369. The maximum atomic E-state index is 8.77. The van der Waals surface area contributed by atoms with E-state index in [2.05, 4.69) is 20.1 Å². The summed E-state index contributed by atoms with van der Waals surface area (Å²) >= 11 is 0. The van der Waals surface area contributed by atoms with E-state index < -0.39 is 0 Å². The van der Waals surface area contributed by atoms with E-state index in [0.717, 1.165) is 11.1 Å². The summed E-state index contributed by atoms with van der Waals surface area (Å²) in [7, 11) is 0. The van der Waals surface area contributed by atoms with Crippen molar-refractivity contribution in [3.63, 3.8) is 0 Å². The van der Waals surface area contributed by atoms with Crippen LogP contribution in [0, 0.1) is 0 Å². The van der Waals surface area contributed by atoms with Crippen molar-refractivity contribution in [2.75, 3.05) is 0 Å². The van der Waals surface area contributed by atoms with Gasteiger partial charge < -0.3 is 0 Å². The molecule has 2 atom stereocenters. The molecule has 0 bridgehead atoms. The van der Waals surface area contributed by atoms with E-state index in [4.69, 9.17) is 11.1 Å². The molecular weight excluding hydrogens is 264 g/mol. The van der Waals surface area contributed by atoms with Crippen LogP contribution in [-0.4, -0.2) is 0 Å². The topological polar surface area (TPSA) is 97.5 Å². The molecule has 0 heterocycles. The molecule has 0 aliphatic carbocycles. The van der Waals surface area contributed by atoms with Crippen molar-refractivity contribution in [3.05, 3.63) is 92.7 Å². The number of nitrogens with zero attached hydrogens (tertiary/aromatic N) is 6. The molecule has 0 saturated carbocycles. The quantitative estimate of drug-likeness (QED) is 0.380. The highest BCUT2D eigenvalue weighted by molar-refractivity contribution is 5.23. The highest BCUT2D eigenvalue weighted by Gasteiger charge is 2.17. The van der Waals surface area contributed by atoms with Crippen molar-refractivity contribution >= 4 is 0 Å². The molecule has 0 fully saturated rings. The monoisotopic (exact) mass is 278 g/mol. The molecule has 0 aliphatic heterocycles. The molecular formula is C15H14N6. The Morgan fingerprint density at radius 1 is 0.714 bits per heavy atom. The van der Waals surface area contributed by atoms with Gasteiger partial charge in [0.15, 0.2) is 0 Å². The summed E-state index contributed by atoms with van der Waals surface area (Å²) < 4.78 is 0. The molecule has 6 nitrogen and oxygen atoms in total. The fourth-order valence-electron chi connectivity index (χ4n) is 2.19. The Hall–Kier alpha value is -2.94. The summed E-state index contributed by atoms with van der Waals surface area (Å²) in [6.45, 7) is 0. The zero-order valence-corrected chi connectivity index (χ0v) is 11.3. The van der Waals surface area contributed by atoms with E-state index in [1.807, 2.05) is 60.7 Å². The third kappa shape index (κ3) is 4.01. The van der Waals surface area contributed by atoms with Crippen LogP contribution in [0.15, 0.2) is 70.9 Å². The molecule has 0 amide bonds. The average molecular weight is 278 g/mol. The Morgan fingerprint density at radius 2 is 1.10 bits per heavy atom. The van der Waals surface area contributed by atoms with Gasteiger partial charge >= 0.3 is 0 Å². The van der Waals surface area contributed by atoms with Gasteiger partial charge in [-0.3, -0.25) is 0 Å². The van der Waals surface area contributed by atoms with Gasteiger partial charge in [-0.1, -0.05) is 70.9 Å². The molecule has 2 aromatic rings. The van der Waals surface area contributed by atoms with Gasteiger partial charge in [-0.15, -0.1) is 0 Å². The van der Waals surface area contributed by atoms with Gasteiger partial charge in [0.05, 0.1) is 12.1 Å². The van der Waals surface area contributed by atoms with Gasteiger partial charge in [0.25, 0.3) is 0 Å². The van der Waals surface area contributed by atoms with Gasteiger partial charge in [-0.2, -0.15) is 0 Å². The third-order valence-electron chi connectivity index (χ3n) is 3.20. The first-order valence-corrected chi connectivity index (χ1v) is 6.53. The van der Waals surface area contributed by atoms with Crippen LogP contribution in [0.25, 0.3) is 20.9 Å². The molecule has 2 rings (SSSR count). The van der Waals surface area contributed by atoms with Crippen LogP contribution in [-0.2, 0) is 0 Å². The minimum Gasteiger partial charge on any atom is -0.0859 e. The number of rotatable bonds is 6. The minimum atomic E-state index is -0.369. The summed E-state index contributed by atoms with van der Waals surface area (Å²) in [6, 6.07) is 18.2. The zero-order chi connectivity index (χ0) is 14.9. The van der Waals surface area contributed by atoms with Crippen molar-refractivity contribution in [1.29, 1.82) is 0 Å². The van der Waals surface area contributed by atoms with E-state index >= 15 is 0 Å². The van der Waals surface area contributed by atoms with Gasteiger partial charge in [0.1, 0.15) is 0 Å². The lowest BCUT2D eigenvalue weighted by atomic mass is 9.96. The second-order valence-corrected chi connectivity index (χ2v) is 4.50. The molecule has 0 aliphatic rings. The zero-order valence-electron chi connectivity index (χ0n) is 11.3. The van der Waals surface area contributed by atoms with Crippen molar-refractivity contribution in [1.82, 2.24) is 0 Å². The smallest absolute Gasteiger partial charge is 0.0632 e. The maximum Gasteiger partial charge on any atom is 0.0632 e. The van der Waals surface area contributed by atoms with Crippen LogP contribution < -0.4 is 0 Å². The number of hydrogen-bond donors (Lipinski definition) is 0. The Morgan fingerprint density at radius 3 is 1.43 bits per heavy atom. The van der Waals surface area contributed by atoms with Crippen LogP contribution in [0.1, 0.15) is 29.6 Å². The van der Waals surface area contributed by atoms with Crippen LogP contribution in [0.5, 0.6) is 0 Å². The van der Waals surface area contributed by atoms with E-state index in [1.54, 1.807) is 0 Å². The molecule has 0 N–H and O–H groups in total. The molecule has 21 heavy (non-hydrogen) atoms. The summed E-state index contributed by atoms with van der Waals surface area (Å²) in [6.07, 6.45) is 0.433. The lowest BCUT2D eigenvalue weighted by molar-refractivity contribution is 0.553. The van der Waals surface area contributed by atoms with Gasteiger partial charge in [-0.25, -0.2) is 0 Å². The predicted octanol–water partition coefficient (Wildman–Crippen LogP) is 5.48. The lowest BCUT2D eigenvalue weighted by Gasteiger charge is -2.17. The predicted molar refractivity (Wildman–Crippen MR) is 81.3 cm³/mol. The van der Waals surface area contributed by atoms with Gasteiger partial charge in [-0.05, 0) is 28.6 Å². The molecule has 1 unspecified atom stereocenters. The molecule has 2 aromatic carbocycles. The van der Waals surface area contributed by atoms with Crippen LogP contribution in [0.4, 0.5) is 0 Å². The second-order valence-electron chi connectivity index (χ2n) is 4.50. The normalized spacial score (nSPS) is 12.6. The average Bonchev–Trinajstić information content (AvgIpc) is 2.55. The lowest BCUT2D eigenvalue weighted by Crippen LogP contribution is -2.02. The number of hydrogen-bond acceptors (Lipinski definition) is 2. The summed E-state index contributed by atoms with van der Waals surface area (Å²) in [5, 5.41) is 7.68. The molecule has 0 spiro atoms. The molecule has 0 saturated heterocycles. The Balaban J connectivity index is 2.29. The Bertz CT molecular complexity index is 598. The first-order valence-electron chi connectivity index (χ1n) is 6.53. The molecule has 0 aromatic heterocycles. The first-order chi connectivity index (χ1) is 10.3. The van der Waals surface area contributed by atoms with Crippen LogP contribution in [0.3, 0.4) is 0 Å². The summed E-state index contributed by atoms with van der Waals surface area (Å²) in [4.78, 5) is 5.82. The first kappa shape index (κ1) is 14.5. The van der Waals surface area contributed by atoms with Gasteiger partial charge in [0.2, 0.25) is 0 Å². The van der Waals surface area contributed by atoms with E-state index in [1.165, 1.54) is 0 Å². The van der Waals surface area contributed by atoms with Crippen LogP contribution in [0.2, 0.25) is 0 Å². The fraction of sp³-hybridized carbons (Fsp3) is 0.200. The Labute approximate surface area is 122 Å². The van der Waals surface area contributed by atoms with Crippen molar-refractivity contribution in [2.24, 2.45) is 10.2 Å².